The van der Waals surface area contributed by atoms with E-state index in [4.69, 9.17) is 32.7 Å². The van der Waals surface area contributed by atoms with Crippen LogP contribution < -0.4 is 14.8 Å². The maximum atomic E-state index is 6.27. The SMILES string of the molecule is CCOc1cccc(CNCc2ccncc2)c1OCc1ccc(Cl)cc1Cl. The molecular formula is C22H22Cl2N2O2. The molecule has 4 nitrogen and oxygen atoms in total. The zero-order valence-electron chi connectivity index (χ0n) is 15.6. The van der Waals surface area contributed by atoms with Gasteiger partial charge in [-0.3, -0.25) is 4.98 Å². The van der Waals surface area contributed by atoms with Crippen LogP contribution in [0, 0.1) is 0 Å². The Morgan fingerprint density at radius 2 is 1.75 bits per heavy atom. The van der Waals surface area contributed by atoms with E-state index in [1.807, 2.05) is 43.3 Å². The smallest absolute Gasteiger partial charge is 0.166 e. The van der Waals surface area contributed by atoms with Gasteiger partial charge in [-0.05, 0) is 42.8 Å². The van der Waals surface area contributed by atoms with Gasteiger partial charge in [0.25, 0.3) is 0 Å². The molecule has 0 amide bonds. The molecule has 0 unspecified atom stereocenters. The second kappa shape index (κ2) is 10.3. The summed E-state index contributed by atoms with van der Waals surface area (Å²) in [6, 6.07) is 15.3. The number of halogens is 2. The second-order valence-electron chi connectivity index (χ2n) is 6.16. The topological polar surface area (TPSA) is 43.4 Å². The fraction of sp³-hybridized carbons (Fsp3) is 0.227. The molecule has 0 bridgehead atoms. The van der Waals surface area contributed by atoms with Crippen LogP contribution in [0.2, 0.25) is 10.0 Å². The normalized spacial score (nSPS) is 10.7. The Bertz CT molecular complexity index is 904. The fourth-order valence-electron chi connectivity index (χ4n) is 2.76. The molecule has 0 saturated carbocycles. The summed E-state index contributed by atoms with van der Waals surface area (Å²) in [6.07, 6.45) is 3.58. The Labute approximate surface area is 175 Å². The van der Waals surface area contributed by atoms with Crippen LogP contribution >= 0.6 is 23.2 Å². The highest BCUT2D eigenvalue weighted by Gasteiger charge is 2.12. The van der Waals surface area contributed by atoms with Gasteiger partial charge < -0.3 is 14.8 Å². The highest BCUT2D eigenvalue weighted by molar-refractivity contribution is 6.35. The van der Waals surface area contributed by atoms with Gasteiger partial charge in [0.15, 0.2) is 11.5 Å². The largest absolute Gasteiger partial charge is 0.490 e. The summed E-state index contributed by atoms with van der Waals surface area (Å²) < 4.78 is 11.9. The number of hydrogen-bond donors (Lipinski definition) is 1. The summed E-state index contributed by atoms with van der Waals surface area (Å²) in [5.41, 5.74) is 3.06. The van der Waals surface area contributed by atoms with Gasteiger partial charge in [-0.2, -0.15) is 0 Å². The van der Waals surface area contributed by atoms with Gasteiger partial charge in [-0.1, -0.05) is 41.4 Å². The number of nitrogens with zero attached hydrogens (tertiary/aromatic N) is 1. The molecule has 0 radical (unpaired) electrons. The fourth-order valence-corrected chi connectivity index (χ4v) is 3.23. The lowest BCUT2D eigenvalue weighted by atomic mass is 10.1. The first-order valence-corrected chi connectivity index (χ1v) is 9.84. The summed E-state index contributed by atoms with van der Waals surface area (Å²) in [5.74, 6) is 1.44. The molecule has 0 aliphatic heterocycles. The van der Waals surface area contributed by atoms with Crippen molar-refractivity contribution in [3.63, 3.8) is 0 Å². The van der Waals surface area contributed by atoms with E-state index in [9.17, 15) is 0 Å². The maximum absolute atomic E-state index is 6.27. The van der Waals surface area contributed by atoms with Crippen molar-refractivity contribution in [2.24, 2.45) is 0 Å². The zero-order valence-corrected chi connectivity index (χ0v) is 17.1. The van der Waals surface area contributed by atoms with Crippen molar-refractivity contribution in [3.05, 3.63) is 87.7 Å². The quantitative estimate of drug-likeness (QED) is 0.488. The molecule has 0 saturated heterocycles. The molecule has 28 heavy (non-hydrogen) atoms. The van der Waals surface area contributed by atoms with E-state index in [-0.39, 0.29) is 0 Å². The van der Waals surface area contributed by atoms with Crippen LogP contribution in [0.5, 0.6) is 11.5 Å². The Kier molecular flexibility index (Phi) is 7.54. The van der Waals surface area contributed by atoms with Gasteiger partial charge in [0.1, 0.15) is 6.61 Å². The lowest BCUT2D eigenvalue weighted by Crippen LogP contribution is -2.14. The summed E-state index contributed by atoms with van der Waals surface area (Å²) in [5, 5.41) is 4.62. The molecular weight excluding hydrogens is 395 g/mol. The number of hydrogen-bond acceptors (Lipinski definition) is 4. The minimum atomic E-state index is 0.331. The highest BCUT2D eigenvalue weighted by atomic mass is 35.5. The van der Waals surface area contributed by atoms with Crippen LogP contribution in [0.3, 0.4) is 0 Å². The maximum Gasteiger partial charge on any atom is 0.166 e. The minimum Gasteiger partial charge on any atom is -0.490 e. The molecule has 2 aromatic carbocycles. The lowest BCUT2D eigenvalue weighted by Gasteiger charge is -2.17. The molecule has 6 heteroatoms. The minimum absolute atomic E-state index is 0.331. The lowest BCUT2D eigenvalue weighted by molar-refractivity contribution is 0.266. The van der Waals surface area contributed by atoms with E-state index in [2.05, 4.69) is 10.3 Å². The van der Waals surface area contributed by atoms with Gasteiger partial charge in [0, 0.05) is 46.7 Å². The molecule has 0 fully saturated rings. The Morgan fingerprint density at radius 1 is 0.929 bits per heavy atom. The summed E-state index contributed by atoms with van der Waals surface area (Å²) in [7, 11) is 0. The van der Waals surface area contributed by atoms with E-state index in [1.54, 1.807) is 24.5 Å². The van der Waals surface area contributed by atoms with E-state index in [0.29, 0.717) is 29.8 Å². The molecule has 3 rings (SSSR count). The van der Waals surface area contributed by atoms with Crippen LogP contribution in [0.25, 0.3) is 0 Å². The van der Waals surface area contributed by atoms with Crippen molar-refractivity contribution in [3.8, 4) is 11.5 Å². The molecule has 1 aromatic heterocycles. The monoisotopic (exact) mass is 416 g/mol. The Morgan fingerprint density at radius 3 is 2.50 bits per heavy atom. The van der Waals surface area contributed by atoms with Crippen molar-refractivity contribution in [1.29, 1.82) is 0 Å². The van der Waals surface area contributed by atoms with E-state index < -0.39 is 0 Å². The molecule has 1 N–H and O–H groups in total. The number of benzene rings is 2. The molecule has 146 valence electrons. The number of aromatic nitrogens is 1. The van der Waals surface area contributed by atoms with E-state index >= 15 is 0 Å². The average molecular weight is 417 g/mol. The Balaban J connectivity index is 1.73. The molecule has 1 heterocycles. The van der Waals surface area contributed by atoms with E-state index in [0.717, 1.165) is 29.2 Å². The summed E-state index contributed by atoms with van der Waals surface area (Å²) in [4.78, 5) is 4.04. The highest BCUT2D eigenvalue weighted by Crippen LogP contribution is 2.33. The van der Waals surface area contributed by atoms with Crippen LogP contribution in [-0.2, 0) is 19.7 Å². The number of rotatable bonds is 9. The first kappa shape index (κ1) is 20.5. The van der Waals surface area contributed by atoms with Crippen LogP contribution in [-0.4, -0.2) is 11.6 Å². The molecule has 3 aromatic rings. The van der Waals surface area contributed by atoms with Crippen molar-refractivity contribution in [1.82, 2.24) is 10.3 Å². The number of pyridine rings is 1. The van der Waals surface area contributed by atoms with Crippen LogP contribution in [0.4, 0.5) is 0 Å². The number of para-hydroxylation sites is 1. The average Bonchev–Trinajstić information content (AvgIpc) is 2.70. The third-order valence-electron chi connectivity index (χ3n) is 4.14. The molecule has 0 atom stereocenters. The third-order valence-corrected chi connectivity index (χ3v) is 4.73. The second-order valence-corrected chi connectivity index (χ2v) is 7.00. The molecule has 0 aliphatic carbocycles. The van der Waals surface area contributed by atoms with Crippen LogP contribution in [0.15, 0.2) is 60.9 Å². The first-order valence-electron chi connectivity index (χ1n) is 9.08. The molecule has 0 spiro atoms. The van der Waals surface area contributed by atoms with E-state index in [1.165, 1.54) is 5.56 Å². The van der Waals surface area contributed by atoms with Gasteiger partial charge in [0.05, 0.1) is 6.61 Å². The van der Waals surface area contributed by atoms with Crippen molar-refractivity contribution < 1.29 is 9.47 Å². The van der Waals surface area contributed by atoms with Crippen molar-refractivity contribution in [2.45, 2.75) is 26.6 Å². The van der Waals surface area contributed by atoms with Gasteiger partial charge in [-0.15, -0.1) is 0 Å². The van der Waals surface area contributed by atoms with Gasteiger partial charge in [0.2, 0.25) is 0 Å². The Hall–Kier alpha value is -2.27. The van der Waals surface area contributed by atoms with Crippen molar-refractivity contribution >= 4 is 23.2 Å². The summed E-state index contributed by atoms with van der Waals surface area (Å²) >= 11 is 12.3. The number of ether oxygens (including phenoxy) is 2. The van der Waals surface area contributed by atoms with Gasteiger partial charge in [-0.25, -0.2) is 0 Å². The summed E-state index contributed by atoms with van der Waals surface area (Å²) in [6.45, 7) is 4.23. The zero-order chi connectivity index (χ0) is 19.8. The number of nitrogens with one attached hydrogen (secondary N) is 1. The molecule has 0 aliphatic rings. The first-order chi connectivity index (χ1) is 13.7. The van der Waals surface area contributed by atoms with Crippen molar-refractivity contribution in [2.75, 3.05) is 6.61 Å². The van der Waals surface area contributed by atoms with Crippen LogP contribution in [0.1, 0.15) is 23.6 Å². The predicted molar refractivity (Wildman–Crippen MR) is 113 cm³/mol. The third kappa shape index (κ3) is 5.61. The standard InChI is InChI=1S/C22H22Cl2N2O2/c1-2-27-21-5-3-4-17(14-26-13-16-8-10-25-11-9-16)22(21)28-15-18-6-7-19(23)12-20(18)24/h3-12,26H,2,13-15H2,1H3. The van der Waals surface area contributed by atoms with Gasteiger partial charge >= 0.3 is 0 Å². The predicted octanol–water partition coefficient (Wildman–Crippen LogP) is 5.66.